The van der Waals surface area contributed by atoms with Crippen molar-refractivity contribution in [3.8, 4) is 5.75 Å². The molecule has 2 fully saturated rings. The van der Waals surface area contributed by atoms with Gasteiger partial charge in [0.1, 0.15) is 5.75 Å². The lowest BCUT2D eigenvalue weighted by atomic mass is 9.94. The van der Waals surface area contributed by atoms with Crippen molar-refractivity contribution in [2.45, 2.75) is 31.8 Å². The number of hydrogen-bond acceptors (Lipinski definition) is 5. The quantitative estimate of drug-likeness (QED) is 0.848. The summed E-state index contributed by atoms with van der Waals surface area (Å²) in [4.78, 5) is 14.7. The molecule has 138 valence electrons. The fourth-order valence-electron chi connectivity index (χ4n) is 3.77. The molecule has 0 bridgehead atoms. The van der Waals surface area contributed by atoms with Gasteiger partial charge in [0.05, 0.1) is 18.6 Å². The molecule has 1 N–H and O–H groups in total. The first-order valence-electron chi connectivity index (χ1n) is 8.82. The fraction of sp³-hybridized carbons (Fsp3) is 0.611. The lowest BCUT2D eigenvalue weighted by molar-refractivity contribution is -0.126. The summed E-state index contributed by atoms with van der Waals surface area (Å²) in [6, 6.07) is 7.81. The standard InChI is InChI=1S/C18H26N2O4S/c1-24-17-5-3-2-4-15(17)12-19-18(21)14-6-9-20(10-7-14)16-8-11-25(22,23)13-16/h2-5,14,16H,6-13H2,1H3,(H,19,21). The number of nitrogens with zero attached hydrogens (tertiary/aromatic N) is 1. The average Bonchev–Trinajstić information content (AvgIpc) is 3.00. The molecule has 3 rings (SSSR count). The maximum absolute atomic E-state index is 12.4. The number of carbonyl (C=O) groups excluding carboxylic acids is 1. The van der Waals surface area contributed by atoms with E-state index >= 15 is 0 Å². The second-order valence-electron chi connectivity index (χ2n) is 6.90. The highest BCUT2D eigenvalue weighted by Gasteiger charge is 2.35. The Kier molecular flexibility index (Phi) is 5.64. The molecule has 0 aromatic heterocycles. The topological polar surface area (TPSA) is 75.7 Å². The number of ether oxygens (including phenoxy) is 1. The number of hydrogen-bond donors (Lipinski definition) is 1. The van der Waals surface area contributed by atoms with Crippen molar-refractivity contribution in [3.05, 3.63) is 29.8 Å². The minimum absolute atomic E-state index is 0.00367. The van der Waals surface area contributed by atoms with Crippen molar-refractivity contribution in [2.75, 3.05) is 31.7 Å². The Labute approximate surface area is 149 Å². The first-order valence-corrected chi connectivity index (χ1v) is 10.6. The van der Waals surface area contributed by atoms with E-state index in [-0.39, 0.29) is 23.6 Å². The van der Waals surface area contributed by atoms with E-state index in [4.69, 9.17) is 4.74 Å². The Morgan fingerprint density at radius 1 is 1.24 bits per heavy atom. The second kappa shape index (κ2) is 7.74. The summed E-state index contributed by atoms with van der Waals surface area (Å²) in [7, 11) is -1.23. The predicted molar refractivity (Wildman–Crippen MR) is 96.2 cm³/mol. The Hall–Kier alpha value is -1.60. The molecule has 2 saturated heterocycles. The Morgan fingerprint density at radius 3 is 2.60 bits per heavy atom. The van der Waals surface area contributed by atoms with Crippen LogP contribution in [0.25, 0.3) is 0 Å². The molecule has 0 radical (unpaired) electrons. The smallest absolute Gasteiger partial charge is 0.223 e. The molecule has 2 aliphatic heterocycles. The molecule has 1 amide bonds. The largest absolute Gasteiger partial charge is 0.496 e. The second-order valence-corrected chi connectivity index (χ2v) is 9.13. The van der Waals surface area contributed by atoms with E-state index in [0.29, 0.717) is 12.3 Å². The van der Waals surface area contributed by atoms with Crippen LogP contribution < -0.4 is 10.1 Å². The van der Waals surface area contributed by atoms with E-state index in [9.17, 15) is 13.2 Å². The molecule has 2 aliphatic rings. The van der Waals surface area contributed by atoms with Gasteiger partial charge in [-0.1, -0.05) is 18.2 Å². The Balaban J connectivity index is 1.47. The minimum Gasteiger partial charge on any atom is -0.496 e. The van der Waals surface area contributed by atoms with Gasteiger partial charge in [0, 0.05) is 24.1 Å². The molecule has 0 saturated carbocycles. The SMILES string of the molecule is COc1ccccc1CNC(=O)C1CCN(C2CCS(=O)(=O)C2)CC1. The number of benzene rings is 1. The Morgan fingerprint density at radius 2 is 1.96 bits per heavy atom. The van der Waals surface area contributed by atoms with E-state index < -0.39 is 9.84 Å². The maximum atomic E-state index is 12.4. The van der Waals surface area contributed by atoms with Crippen molar-refractivity contribution in [3.63, 3.8) is 0 Å². The van der Waals surface area contributed by atoms with E-state index in [0.717, 1.165) is 43.7 Å². The lowest BCUT2D eigenvalue weighted by Crippen LogP contribution is -2.45. The molecule has 1 aromatic rings. The number of carbonyl (C=O) groups is 1. The van der Waals surface area contributed by atoms with Crippen LogP contribution >= 0.6 is 0 Å². The zero-order valence-corrected chi connectivity index (χ0v) is 15.4. The summed E-state index contributed by atoms with van der Waals surface area (Å²) in [5, 5.41) is 3.01. The van der Waals surface area contributed by atoms with Crippen LogP contribution in [0, 0.1) is 5.92 Å². The van der Waals surface area contributed by atoms with Crippen molar-refractivity contribution in [2.24, 2.45) is 5.92 Å². The van der Waals surface area contributed by atoms with Gasteiger partial charge in [-0.3, -0.25) is 9.69 Å². The third kappa shape index (κ3) is 4.52. The summed E-state index contributed by atoms with van der Waals surface area (Å²) in [6.45, 7) is 2.06. The maximum Gasteiger partial charge on any atom is 0.223 e. The normalized spacial score (nSPS) is 24.1. The van der Waals surface area contributed by atoms with Crippen LogP contribution in [0.2, 0.25) is 0 Å². The predicted octanol–water partition coefficient (Wildman–Crippen LogP) is 1.21. The third-order valence-electron chi connectivity index (χ3n) is 5.27. The third-order valence-corrected chi connectivity index (χ3v) is 7.02. The van der Waals surface area contributed by atoms with Gasteiger partial charge in [0.15, 0.2) is 9.84 Å². The van der Waals surface area contributed by atoms with Crippen LogP contribution in [0.1, 0.15) is 24.8 Å². The molecule has 2 heterocycles. The first kappa shape index (κ1) is 18.2. The number of methoxy groups -OCH3 is 1. The molecule has 6 nitrogen and oxygen atoms in total. The van der Waals surface area contributed by atoms with Crippen LogP contribution in [0.15, 0.2) is 24.3 Å². The van der Waals surface area contributed by atoms with Crippen LogP contribution in [-0.2, 0) is 21.2 Å². The van der Waals surface area contributed by atoms with Gasteiger partial charge < -0.3 is 10.1 Å². The highest BCUT2D eigenvalue weighted by molar-refractivity contribution is 7.91. The molecule has 0 spiro atoms. The van der Waals surface area contributed by atoms with Gasteiger partial charge in [-0.25, -0.2) is 8.42 Å². The fourth-order valence-corrected chi connectivity index (χ4v) is 5.53. The van der Waals surface area contributed by atoms with Crippen LogP contribution in [0.4, 0.5) is 0 Å². The van der Waals surface area contributed by atoms with Crippen LogP contribution in [-0.4, -0.2) is 57.0 Å². The summed E-state index contributed by atoms with van der Waals surface area (Å²) in [5.74, 6) is 1.43. The van der Waals surface area contributed by atoms with E-state index in [2.05, 4.69) is 10.2 Å². The van der Waals surface area contributed by atoms with E-state index in [1.54, 1.807) is 7.11 Å². The van der Waals surface area contributed by atoms with Gasteiger partial charge >= 0.3 is 0 Å². The van der Waals surface area contributed by atoms with Crippen molar-refractivity contribution in [1.82, 2.24) is 10.2 Å². The number of para-hydroxylation sites is 1. The molecule has 1 unspecified atom stereocenters. The zero-order valence-electron chi connectivity index (χ0n) is 14.6. The van der Waals surface area contributed by atoms with Crippen molar-refractivity contribution in [1.29, 1.82) is 0 Å². The van der Waals surface area contributed by atoms with Crippen molar-refractivity contribution >= 4 is 15.7 Å². The van der Waals surface area contributed by atoms with E-state index in [1.807, 2.05) is 24.3 Å². The number of sulfone groups is 1. The van der Waals surface area contributed by atoms with Gasteiger partial charge in [-0.2, -0.15) is 0 Å². The minimum atomic E-state index is -2.85. The first-order chi connectivity index (χ1) is 12.0. The number of likely N-dealkylation sites (tertiary alicyclic amines) is 1. The van der Waals surface area contributed by atoms with Gasteiger partial charge in [0.2, 0.25) is 5.91 Å². The lowest BCUT2D eigenvalue weighted by Gasteiger charge is -2.34. The molecular weight excluding hydrogens is 340 g/mol. The summed E-state index contributed by atoms with van der Waals surface area (Å²) in [6.07, 6.45) is 2.30. The van der Waals surface area contributed by atoms with Gasteiger partial charge in [0.25, 0.3) is 0 Å². The highest BCUT2D eigenvalue weighted by Crippen LogP contribution is 2.25. The van der Waals surface area contributed by atoms with Crippen LogP contribution in [0.3, 0.4) is 0 Å². The molecule has 0 aliphatic carbocycles. The number of piperidine rings is 1. The average molecular weight is 366 g/mol. The summed E-state index contributed by atoms with van der Waals surface area (Å²) < 4.78 is 28.6. The molecule has 7 heteroatoms. The number of amides is 1. The monoisotopic (exact) mass is 366 g/mol. The molecule has 25 heavy (non-hydrogen) atoms. The number of rotatable bonds is 5. The zero-order chi connectivity index (χ0) is 17.9. The Bertz CT molecular complexity index is 712. The number of nitrogens with one attached hydrogen (secondary N) is 1. The van der Waals surface area contributed by atoms with Crippen LogP contribution in [0.5, 0.6) is 5.75 Å². The molecular formula is C18H26N2O4S. The highest BCUT2D eigenvalue weighted by atomic mass is 32.2. The summed E-state index contributed by atoms with van der Waals surface area (Å²) >= 11 is 0. The van der Waals surface area contributed by atoms with Crippen molar-refractivity contribution < 1.29 is 17.9 Å². The van der Waals surface area contributed by atoms with E-state index in [1.165, 1.54) is 0 Å². The molecule has 1 atom stereocenters. The summed E-state index contributed by atoms with van der Waals surface area (Å²) in [5.41, 5.74) is 0.965. The van der Waals surface area contributed by atoms with Gasteiger partial charge in [-0.05, 0) is 38.4 Å². The van der Waals surface area contributed by atoms with Gasteiger partial charge in [-0.15, -0.1) is 0 Å². The molecule has 1 aromatic carbocycles.